The van der Waals surface area contributed by atoms with E-state index in [0.29, 0.717) is 23.6 Å². The number of fused-ring (bicyclic) bond motifs is 3. The molecule has 13 heteroatoms. The van der Waals surface area contributed by atoms with E-state index >= 15 is 0 Å². The molecular weight excluding hydrogens is 551 g/mol. The SMILES string of the molecule is O=C(CC1C(=O)N=C2c3ccccc3N=C(SCC(=O)Nc3cccc(C(F)(F)F)c3)N21)NCc1cccs1. The highest BCUT2D eigenvalue weighted by Crippen LogP contribution is 2.35. The van der Waals surface area contributed by atoms with Crippen molar-refractivity contribution in [1.82, 2.24) is 10.2 Å². The molecule has 200 valence electrons. The molecule has 39 heavy (non-hydrogen) atoms. The van der Waals surface area contributed by atoms with Gasteiger partial charge in [0.1, 0.15) is 11.9 Å². The van der Waals surface area contributed by atoms with E-state index in [9.17, 15) is 27.6 Å². The Kier molecular flexibility index (Phi) is 7.53. The van der Waals surface area contributed by atoms with Gasteiger partial charge in [-0.15, -0.1) is 11.3 Å². The van der Waals surface area contributed by atoms with Crippen LogP contribution in [0.2, 0.25) is 0 Å². The van der Waals surface area contributed by atoms with Gasteiger partial charge in [-0.1, -0.05) is 36.0 Å². The number of thioether (sulfide) groups is 1. The monoisotopic (exact) mass is 571 g/mol. The fourth-order valence-corrected chi connectivity index (χ4v) is 5.54. The Hall–Kier alpha value is -3.97. The van der Waals surface area contributed by atoms with Crippen LogP contribution < -0.4 is 10.6 Å². The number of halogens is 3. The maximum atomic E-state index is 13.0. The number of carbonyl (C=O) groups excluding carboxylic acids is 3. The molecule has 2 N–H and O–H groups in total. The summed E-state index contributed by atoms with van der Waals surface area (Å²) in [7, 11) is 0. The molecule has 1 atom stereocenters. The number of para-hydroxylation sites is 1. The molecule has 0 bridgehead atoms. The number of rotatable bonds is 7. The molecule has 0 fully saturated rings. The molecule has 3 heterocycles. The van der Waals surface area contributed by atoms with Crippen LogP contribution in [0.1, 0.15) is 22.4 Å². The second-order valence-electron chi connectivity index (χ2n) is 8.55. The van der Waals surface area contributed by atoms with Crippen molar-refractivity contribution in [3.05, 3.63) is 82.0 Å². The van der Waals surface area contributed by atoms with Gasteiger partial charge in [0.15, 0.2) is 5.17 Å². The van der Waals surface area contributed by atoms with Crippen LogP contribution >= 0.6 is 23.1 Å². The number of alkyl halides is 3. The fraction of sp³-hybridized carbons (Fsp3) is 0.192. The first-order chi connectivity index (χ1) is 18.7. The molecular formula is C26H20F3N5O3S2. The quantitative estimate of drug-likeness (QED) is 0.424. The lowest BCUT2D eigenvalue weighted by molar-refractivity contribution is -0.137. The molecule has 2 aliphatic rings. The van der Waals surface area contributed by atoms with E-state index in [1.165, 1.54) is 23.5 Å². The van der Waals surface area contributed by atoms with Crippen molar-refractivity contribution in [3.8, 4) is 0 Å². The van der Waals surface area contributed by atoms with Gasteiger partial charge in [-0.05, 0) is 41.8 Å². The Morgan fingerprint density at radius 2 is 1.85 bits per heavy atom. The van der Waals surface area contributed by atoms with Crippen LogP contribution in [0, 0.1) is 0 Å². The van der Waals surface area contributed by atoms with E-state index in [0.717, 1.165) is 28.8 Å². The van der Waals surface area contributed by atoms with Gasteiger partial charge in [-0.3, -0.25) is 19.3 Å². The Bertz CT molecular complexity index is 1490. The molecule has 8 nitrogen and oxygen atoms in total. The van der Waals surface area contributed by atoms with E-state index in [-0.39, 0.29) is 28.9 Å². The van der Waals surface area contributed by atoms with Crippen molar-refractivity contribution >= 4 is 63.2 Å². The fourth-order valence-electron chi connectivity index (χ4n) is 4.05. The number of hydrogen-bond donors (Lipinski definition) is 2. The summed E-state index contributed by atoms with van der Waals surface area (Å²) in [5.41, 5.74) is 0.289. The second-order valence-corrected chi connectivity index (χ2v) is 10.5. The van der Waals surface area contributed by atoms with Crippen LogP contribution in [0.15, 0.2) is 76.0 Å². The molecule has 3 aromatic rings. The molecule has 0 spiro atoms. The third-order valence-corrected chi connectivity index (χ3v) is 7.66. The van der Waals surface area contributed by atoms with E-state index < -0.39 is 29.6 Å². The number of nitrogens with zero attached hydrogens (tertiary/aromatic N) is 3. The summed E-state index contributed by atoms with van der Waals surface area (Å²) in [4.78, 5) is 49.6. The topological polar surface area (TPSA) is 103 Å². The van der Waals surface area contributed by atoms with Crippen LogP contribution in [0.3, 0.4) is 0 Å². The zero-order chi connectivity index (χ0) is 27.6. The lowest BCUT2D eigenvalue weighted by Gasteiger charge is -2.30. The number of hydrogen-bond acceptors (Lipinski definition) is 7. The maximum absolute atomic E-state index is 13.0. The lowest BCUT2D eigenvalue weighted by Crippen LogP contribution is -2.46. The van der Waals surface area contributed by atoms with Gasteiger partial charge >= 0.3 is 6.18 Å². The Balaban J connectivity index is 1.31. The predicted molar refractivity (Wildman–Crippen MR) is 144 cm³/mol. The predicted octanol–water partition coefficient (Wildman–Crippen LogP) is 4.80. The Morgan fingerprint density at radius 3 is 2.62 bits per heavy atom. The summed E-state index contributed by atoms with van der Waals surface area (Å²) in [6.07, 6.45) is -4.71. The molecule has 0 radical (unpaired) electrons. The average Bonchev–Trinajstić information content (AvgIpc) is 3.54. The minimum atomic E-state index is -4.54. The van der Waals surface area contributed by atoms with Gasteiger partial charge in [-0.25, -0.2) is 4.99 Å². The standard InChI is InChI=1S/C26H20F3N5O3S2/c27-26(28,29)15-5-3-6-16(11-15)31-22(36)14-39-25-32-19-9-2-1-8-18(19)23-33-24(37)20(34(23)25)12-21(35)30-13-17-7-4-10-38-17/h1-11,20H,12-14H2,(H,30,35)(H,31,36). The van der Waals surface area contributed by atoms with Crippen molar-refractivity contribution in [1.29, 1.82) is 0 Å². The smallest absolute Gasteiger partial charge is 0.351 e. The average molecular weight is 572 g/mol. The molecule has 2 aliphatic heterocycles. The van der Waals surface area contributed by atoms with Gasteiger partial charge in [0.2, 0.25) is 11.8 Å². The van der Waals surface area contributed by atoms with Crippen LogP contribution in [0.4, 0.5) is 24.5 Å². The Morgan fingerprint density at radius 1 is 1.03 bits per heavy atom. The second kappa shape index (κ2) is 11.0. The van der Waals surface area contributed by atoms with Crippen molar-refractivity contribution in [3.63, 3.8) is 0 Å². The first-order valence-corrected chi connectivity index (χ1v) is 13.5. The highest BCUT2D eigenvalue weighted by molar-refractivity contribution is 8.14. The number of thiophene rings is 1. The summed E-state index contributed by atoms with van der Waals surface area (Å²) in [5, 5.41) is 7.45. The third kappa shape index (κ3) is 6.04. The van der Waals surface area contributed by atoms with Crippen LogP contribution in [0.25, 0.3) is 0 Å². The summed E-state index contributed by atoms with van der Waals surface area (Å²) in [6.45, 7) is 0.333. The zero-order valence-electron chi connectivity index (χ0n) is 20.1. The Labute approximate surface area is 229 Å². The van der Waals surface area contributed by atoms with Gasteiger partial charge in [0.05, 0.1) is 30.0 Å². The number of amidine groups is 2. The molecule has 3 amide bonds. The third-order valence-electron chi connectivity index (χ3n) is 5.83. The first kappa shape index (κ1) is 26.6. The van der Waals surface area contributed by atoms with Crippen molar-refractivity contribution in [2.24, 2.45) is 9.98 Å². The van der Waals surface area contributed by atoms with Crippen LogP contribution in [-0.4, -0.2) is 45.4 Å². The largest absolute Gasteiger partial charge is 0.416 e. The number of aliphatic imine (C=N–C) groups is 2. The van der Waals surface area contributed by atoms with E-state index in [2.05, 4.69) is 20.6 Å². The number of carbonyl (C=O) groups is 3. The first-order valence-electron chi connectivity index (χ1n) is 11.7. The molecule has 0 aliphatic carbocycles. The number of anilines is 1. The van der Waals surface area contributed by atoms with Crippen LogP contribution in [-0.2, 0) is 27.1 Å². The maximum Gasteiger partial charge on any atom is 0.416 e. The summed E-state index contributed by atoms with van der Waals surface area (Å²) < 4.78 is 39.0. The highest BCUT2D eigenvalue weighted by Gasteiger charge is 2.42. The lowest BCUT2D eigenvalue weighted by atomic mass is 10.1. The van der Waals surface area contributed by atoms with Crippen LogP contribution in [0.5, 0.6) is 0 Å². The molecule has 2 aromatic carbocycles. The molecule has 1 unspecified atom stereocenters. The summed E-state index contributed by atoms with van der Waals surface area (Å²) >= 11 is 2.50. The van der Waals surface area contributed by atoms with Gasteiger partial charge < -0.3 is 10.6 Å². The number of nitrogens with one attached hydrogen (secondary N) is 2. The highest BCUT2D eigenvalue weighted by atomic mass is 32.2. The van der Waals surface area contributed by atoms with Crippen molar-refractivity contribution < 1.29 is 27.6 Å². The van der Waals surface area contributed by atoms with E-state index in [1.807, 2.05) is 17.5 Å². The molecule has 5 rings (SSSR count). The van der Waals surface area contributed by atoms with Crippen molar-refractivity contribution in [2.75, 3.05) is 11.1 Å². The van der Waals surface area contributed by atoms with E-state index in [1.54, 1.807) is 29.2 Å². The zero-order valence-corrected chi connectivity index (χ0v) is 21.7. The van der Waals surface area contributed by atoms with Gasteiger partial charge in [-0.2, -0.15) is 18.2 Å². The molecule has 0 saturated heterocycles. The molecule has 0 saturated carbocycles. The minimum absolute atomic E-state index is 0.00486. The van der Waals surface area contributed by atoms with E-state index in [4.69, 9.17) is 0 Å². The summed E-state index contributed by atoms with van der Waals surface area (Å²) in [6, 6.07) is 14.2. The van der Waals surface area contributed by atoms with Gasteiger partial charge in [0, 0.05) is 16.1 Å². The minimum Gasteiger partial charge on any atom is -0.351 e. The van der Waals surface area contributed by atoms with Gasteiger partial charge in [0.25, 0.3) is 5.91 Å². The summed E-state index contributed by atoms with van der Waals surface area (Å²) in [5.74, 6) is -1.28. The van der Waals surface area contributed by atoms with Crippen molar-refractivity contribution in [2.45, 2.75) is 25.2 Å². The number of amides is 3. The number of benzene rings is 2. The normalized spacial score (nSPS) is 16.2. The molecule has 1 aromatic heterocycles.